The van der Waals surface area contributed by atoms with Crippen LogP contribution in [0.25, 0.3) is 10.9 Å². The quantitative estimate of drug-likeness (QED) is 0.446. The molecule has 0 amide bonds. The van der Waals surface area contributed by atoms with Gasteiger partial charge in [0.2, 0.25) is 0 Å². The third kappa shape index (κ3) is 4.38. The molecule has 0 radical (unpaired) electrons. The van der Waals surface area contributed by atoms with Crippen molar-refractivity contribution in [3.05, 3.63) is 61.0 Å². The van der Waals surface area contributed by atoms with Crippen molar-refractivity contribution in [1.29, 1.82) is 0 Å². The maximum Gasteiger partial charge on any atom is 0.282 e. The number of fused-ring (bicyclic) bond motifs is 1. The van der Waals surface area contributed by atoms with Crippen molar-refractivity contribution in [3.63, 3.8) is 0 Å². The molecule has 0 fully saturated rings. The molecule has 0 bridgehead atoms. The maximum absolute atomic E-state index is 13.2. The average Bonchev–Trinajstić information content (AvgIpc) is 2.66. The van der Waals surface area contributed by atoms with Crippen LogP contribution < -0.4 is 15.0 Å². The Kier molecular flexibility index (Phi) is 6.14. The van der Waals surface area contributed by atoms with Crippen molar-refractivity contribution in [2.24, 2.45) is 5.10 Å². The molecule has 0 atom stereocenters. The van der Waals surface area contributed by atoms with Gasteiger partial charge in [-0.3, -0.25) is 4.79 Å². The third-order valence-corrected chi connectivity index (χ3v) is 5.34. The second-order valence-electron chi connectivity index (χ2n) is 7.45. The van der Waals surface area contributed by atoms with Gasteiger partial charge in [0.05, 0.1) is 35.8 Å². The van der Waals surface area contributed by atoms with E-state index < -0.39 is 0 Å². The van der Waals surface area contributed by atoms with E-state index in [1.54, 1.807) is 32.6 Å². The molecular weight excluding hydrogens is 502 g/mol. The zero-order valence-electron chi connectivity index (χ0n) is 16.8. The Labute approximate surface area is 185 Å². The lowest BCUT2D eigenvalue weighted by Gasteiger charge is -2.21. The van der Waals surface area contributed by atoms with E-state index in [0.29, 0.717) is 28.2 Å². The topological polar surface area (TPSA) is 65.7 Å². The van der Waals surface area contributed by atoms with Gasteiger partial charge in [-0.05, 0) is 51.8 Å². The lowest BCUT2D eigenvalue weighted by molar-refractivity contribution is 0.353. The summed E-state index contributed by atoms with van der Waals surface area (Å²) in [6.07, 6.45) is 1.61. The van der Waals surface area contributed by atoms with Crippen LogP contribution in [0.2, 0.25) is 0 Å². The van der Waals surface area contributed by atoms with Gasteiger partial charge in [0.25, 0.3) is 5.56 Å². The molecule has 1 aromatic heterocycles. The highest BCUT2D eigenvalue weighted by Crippen LogP contribution is 2.35. The van der Waals surface area contributed by atoms with Crippen LogP contribution in [0.1, 0.15) is 32.2 Å². The SMILES string of the molecule is COc1cc(C=Nn2c(C(C)(C)C)nc3ccc(Br)cc3c2=O)cc(Br)c1OC. The Hall–Kier alpha value is -2.19. The Morgan fingerprint density at radius 3 is 2.45 bits per heavy atom. The molecule has 0 aliphatic carbocycles. The summed E-state index contributed by atoms with van der Waals surface area (Å²) >= 11 is 6.89. The van der Waals surface area contributed by atoms with Gasteiger partial charge in [0.15, 0.2) is 11.5 Å². The first-order valence-corrected chi connectivity index (χ1v) is 10.4. The van der Waals surface area contributed by atoms with Crippen molar-refractivity contribution in [3.8, 4) is 11.5 Å². The number of hydrogen-bond acceptors (Lipinski definition) is 5. The summed E-state index contributed by atoms with van der Waals surface area (Å²) in [5, 5.41) is 4.98. The molecule has 8 heteroatoms. The summed E-state index contributed by atoms with van der Waals surface area (Å²) in [6.45, 7) is 6.00. The molecule has 0 aliphatic heterocycles. The van der Waals surface area contributed by atoms with Crippen LogP contribution in [0.15, 0.2) is 49.2 Å². The van der Waals surface area contributed by atoms with Gasteiger partial charge in [-0.15, -0.1) is 0 Å². The molecular formula is C21H21Br2N3O3. The molecule has 152 valence electrons. The van der Waals surface area contributed by atoms with Gasteiger partial charge < -0.3 is 9.47 Å². The zero-order chi connectivity index (χ0) is 21.3. The smallest absolute Gasteiger partial charge is 0.282 e. The Bertz CT molecular complexity index is 1160. The molecule has 0 saturated carbocycles. The average molecular weight is 523 g/mol. The normalized spacial score (nSPS) is 12.0. The van der Waals surface area contributed by atoms with Crippen molar-refractivity contribution in [2.75, 3.05) is 14.2 Å². The first-order valence-electron chi connectivity index (χ1n) is 8.84. The molecule has 0 saturated heterocycles. The highest BCUT2D eigenvalue weighted by molar-refractivity contribution is 9.10. The third-order valence-electron chi connectivity index (χ3n) is 4.26. The fourth-order valence-electron chi connectivity index (χ4n) is 2.88. The van der Waals surface area contributed by atoms with Gasteiger partial charge in [-0.2, -0.15) is 9.78 Å². The van der Waals surface area contributed by atoms with E-state index in [1.807, 2.05) is 39.0 Å². The van der Waals surface area contributed by atoms with Crippen LogP contribution in [0.5, 0.6) is 11.5 Å². The summed E-state index contributed by atoms with van der Waals surface area (Å²) in [7, 11) is 3.14. The lowest BCUT2D eigenvalue weighted by Crippen LogP contribution is -2.29. The van der Waals surface area contributed by atoms with Gasteiger partial charge in [-0.25, -0.2) is 4.98 Å². The van der Waals surface area contributed by atoms with Crippen LogP contribution in [-0.2, 0) is 5.41 Å². The summed E-state index contributed by atoms with van der Waals surface area (Å²) in [5.74, 6) is 1.73. The van der Waals surface area contributed by atoms with Crippen LogP contribution in [0, 0.1) is 0 Å². The molecule has 0 aliphatic rings. The Morgan fingerprint density at radius 2 is 1.83 bits per heavy atom. The highest BCUT2D eigenvalue weighted by Gasteiger charge is 2.23. The second kappa shape index (κ2) is 8.28. The molecule has 1 heterocycles. The van der Waals surface area contributed by atoms with E-state index in [0.717, 1.165) is 14.5 Å². The zero-order valence-corrected chi connectivity index (χ0v) is 20.0. The lowest BCUT2D eigenvalue weighted by atomic mass is 9.95. The van der Waals surface area contributed by atoms with Gasteiger partial charge >= 0.3 is 0 Å². The van der Waals surface area contributed by atoms with Gasteiger partial charge in [0.1, 0.15) is 5.82 Å². The summed E-state index contributed by atoms with van der Waals surface area (Å²) < 4.78 is 13.6. The highest BCUT2D eigenvalue weighted by atomic mass is 79.9. The van der Waals surface area contributed by atoms with E-state index in [2.05, 4.69) is 37.0 Å². The molecule has 0 spiro atoms. The molecule has 0 N–H and O–H groups in total. The molecule has 2 aromatic carbocycles. The molecule has 6 nitrogen and oxygen atoms in total. The monoisotopic (exact) mass is 521 g/mol. The van der Waals surface area contributed by atoms with Crippen LogP contribution in [0.4, 0.5) is 0 Å². The van der Waals surface area contributed by atoms with E-state index in [-0.39, 0.29) is 11.0 Å². The largest absolute Gasteiger partial charge is 0.493 e. The van der Waals surface area contributed by atoms with Crippen molar-refractivity contribution >= 4 is 49.0 Å². The van der Waals surface area contributed by atoms with Crippen molar-refractivity contribution in [2.45, 2.75) is 26.2 Å². The summed E-state index contributed by atoms with van der Waals surface area (Å²) in [5.41, 5.74) is 0.784. The minimum atomic E-state index is -0.379. The number of ether oxygens (including phenoxy) is 2. The van der Waals surface area contributed by atoms with Crippen LogP contribution >= 0.6 is 31.9 Å². The standard InChI is InChI=1S/C21H21Br2N3O3/c1-21(2,3)20-25-16-7-6-13(22)10-14(16)19(27)26(20)24-11-12-8-15(23)18(29-5)17(9-12)28-4/h6-11H,1-5H3. The van der Waals surface area contributed by atoms with Crippen molar-refractivity contribution < 1.29 is 9.47 Å². The number of halogens is 2. The second-order valence-corrected chi connectivity index (χ2v) is 9.22. The minimum absolute atomic E-state index is 0.225. The minimum Gasteiger partial charge on any atom is -0.493 e. The van der Waals surface area contributed by atoms with Gasteiger partial charge in [-0.1, -0.05) is 36.7 Å². The number of aromatic nitrogens is 2. The fourth-order valence-corrected chi connectivity index (χ4v) is 3.86. The number of rotatable bonds is 4. The summed E-state index contributed by atoms with van der Waals surface area (Å²) in [6, 6.07) is 9.10. The Morgan fingerprint density at radius 1 is 1.10 bits per heavy atom. The predicted molar refractivity (Wildman–Crippen MR) is 123 cm³/mol. The van der Waals surface area contributed by atoms with Crippen LogP contribution in [-0.4, -0.2) is 30.1 Å². The predicted octanol–water partition coefficient (Wildman–Crippen LogP) is 5.12. The first-order chi connectivity index (χ1) is 13.7. The number of benzene rings is 2. The molecule has 29 heavy (non-hydrogen) atoms. The fraction of sp³-hybridized carbons (Fsp3) is 0.286. The molecule has 0 unspecified atom stereocenters. The van der Waals surface area contributed by atoms with Gasteiger partial charge in [0, 0.05) is 9.89 Å². The maximum atomic E-state index is 13.2. The van der Waals surface area contributed by atoms with E-state index in [4.69, 9.17) is 14.5 Å². The van der Waals surface area contributed by atoms with Crippen molar-refractivity contribution in [1.82, 2.24) is 9.66 Å². The molecule has 3 rings (SSSR count). The molecule has 3 aromatic rings. The Balaban J connectivity index is 2.20. The first kappa shape index (κ1) is 21.5. The number of methoxy groups -OCH3 is 2. The number of hydrogen-bond donors (Lipinski definition) is 0. The van der Waals surface area contributed by atoms with E-state index in [9.17, 15) is 4.79 Å². The van der Waals surface area contributed by atoms with Crippen LogP contribution in [0.3, 0.4) is 0 Å². The van der Waals surface area contributed by atoms with E-state index in [1.165, 1.54) is 4.68 Å². The number of nitrogens with zero attached hydrogens (tertiary/aromatic N) is 3. The van der Waals surface area contributed by atoms with E-state index >= 15 is 0 Å². The summed E-state index contributed by atoms with van der Waals surface area (Å²) in [4.78, 5) is 17.9.